The summed E-state index contributed by atoms with van der Waals surface area (Å²) in [5.41, 5.74) is 2.54. The Labute approximate surface area is 175 Å². The van der Waals surface area contributed by atoms with Crippen LogP contribution in [0.15, 0.2) is 65.7 Å². The van der Waals surface area contributed by atoms with E-state index in [1.165, 1.54) is 22.6 Å². The summed E-state index contributed by atoms with van der Waals surface area (Å²) < 4.78 is 33.7. The molecule has 1 amide bonds. The standard InChI is InChI=1S/C21H22N4O4S/c1-16-20(15-22-25(16)18-5-3-2-4-6-18)21(26)23-17-7-9-19(10-8-17)30(27,28)24-11-13-29-14-12-24/h2-10,15H,11-14H2,1H3,(H,23,26). The van der Waals surface area contributed by atoms with Gasteiger partial charge in [-0.15, -0.1) is 0 Å². The van der Waals surface area contributed by atoms with Crippen LogP contribution in [0.4, 0.5) is 5.69 Å². The van der Waals surface area contributed by atoms with E-state index >= 15 is 0 Å². The van der Waals surface area contributed by atoms with Gasteiger partial charge in [-0.1, -0.05) is 18.2 Å². The minimum absolute atomic E-state index is 0.190. The van der Waals surface area contributed by atoms with E-state index < -0.39 is 10.0 Å². The van der Waals surface area contributed by atoms with Crippen LogP contribution < -0.4 is 5.32 Å². The number of sulfonamides is 1. The largest absolute Gasteiger partial charge is 0.379 e. The number of aromatic nitrogens is 2. The summed E-state index contributed by atoms with van der Waals surface area (Å²) in [6.07, 6.45) is 1.52. The van der Waals surface area contributed by atoms with Crippen molar-refractivity contribution in [3.8, 4) is 5.69 Å². The van der Waals surface area contributed by atoms with Crippen LogP contribution in [0.3, 0.4) is 0 Å². The molecule has 2 heterocycles. The van der Waals surface area contributed by atoms with Crippen molar-refractivity contribution in [1.29, 1.82) is 0 Å². The molecule has 1 aliphatic heterocycles. The van der Waals surface area contributed by atoms with Crippen LogP contribution in [0.25, 0.3) is 5.69 Å². The number of nitrogens with one attached hydrogen (secondary N) is 1. The predicted octanol–water partition coefficient (Wildman–Crippen LogP) is 2.45. The van der Waals surface area contributed by atoms with Gasteiger partial charge in [0.2, 0.25) is 10.0 Å². The molecule has 2 aromatic carbocycles. The molecule has 0 aliphatic carbocycles. The molecule has 1 aromatic heterocycles. The predicted molar refractivity (Wildman–Crippen MR) is 112 cm³/mol. The lowest BCUT2D eigenvalue weighted by atomic mass is 10.2. The third-order valence-electron chi connectivity index (χ3n) is 4.98. The number of ether oxygens (including phenoxy) is 1. The van der Waals surface area contributed by atoms with Gasteiger partial charge in [0.15, 0.2) is 0 Å². The maximum absolute atomic E-state index is 12.7. The molecule has 0 spiro atoms. The molecule has 8 nitrogen and oxygen atoms in total. The Morgan fingerprint density at radius 1 is 1.03 bits per heavy atom. The van der Waals surface area contributed by atoms with Crippen LogP contribution in [0, 0.1) is 6.92 Å². The van der Waals surface area contributed by atoms with Gasteiger partial charge in [-0.05, 0) is 43.3 Å². The summed E-state index contributed by atoms with van der Waals surface area (Å²) in [5, 5.41) is 7.11. The first-order valence-corrected chi connectivity index (χ1v) is 11.0. The molecule has 9 heteroatoms. The lowest BCUT2D eigenvalue weighted by Crippen LogP contribution is -2.40. The quantitative estimate of drug-likeness (QED) is 0.676. The van der Waals surface area contributed by atoms with E-state index in [0.717, 1.165) is 5.69 Å². The van der Waals surface area contributed by atoms with Gasteiger partial charge in [0.05, 0.1) is 41.3 Å². The zero-order chi connectivity index (χ0) is 21.1. The van der Waals surface area contributed by atoms with E-state index in [9.17, 15) is 13.2 Å². The highest BCUT2D eigenvalue weighted by molar-refractivity contribution is 7.89. The summed E-state index contributed by atoms with van der Waals surface area (Å²) in [5.74, 6) is -0.307. The molecular weight excluding hydrogens is 404 g/mol. The van der Waals surface area contributed by atoms with E-state index in [2.05, 4.69) is 10.4 Å². The van der Waals surface area contributed by atoms with Gasteiger partial charge in [0, 0.05) is 18.8 Å². The lowest BCUT2D eigenvalue weighted by Gasteiger charge is -2.26. The molecular formula is C21H22N4O4S. The SMILES string of the molecule is Cc1c(C(=O)Nc2ccc(S(=O)(=O)N3CCOCC3)cc2)cnn1-c1ccccc1. The van der Waals surface area contributed by atoms with Gasteiger partial charge < -0.3 is 10.1 Å². The number of carbonyl (C=O) groups excluding carboxylic acids is 1. The maximum Gasteiger partial charge on any atom is 0.259 e. The Balaban J connectivity index is 1.49. The maximum atomic E-state index is 12.7. The summed E-state index contributed by atoms with van der Waals surface area (Å²) in [7, 11) is -3.57. The van der Waals surface area contributed by atoms with Crippen molar-refractivity contribution in [2.24, 2.45) is 0 Å². The molecule has 4 rings (SSSR count). The van der Waals surface area contributed by atoms with Crippen molar-refractivity contribution in [3.05, 3.63) is 72.1 Å². The van der Waals surface area contributed by atoms with E-state index in [1.54, 1.807) is 16.8 Å². The molecule has 1 aliphatic rings. The topological polar surface area (TPSA) is 93.5 Å². The Morgan fingerprint density at radius 3 is 2.37 bits per heavy atom. The Bertz CT molecular complexity index is 1140. The van der Waals surface area contributed by atoms with Crippen molar-refractivity contribution in [1.82, 2.24) is 14.1 Å². The van der Waals surface area contributed by atoms with Crippen LogP contribution in [0.1, 0.15) is 16.1 Å². The van der Waals surface area contributed by atoms with Gasteiger partial charge in [0.25, 0.3) is 5.91 Å². The molecule has 3 aromatic rings. The second-order valence-corrected chi connectivity index (χ2v) is 8.82. The average molecular weight is 426 g/mol. The normalized spacial score (nSPS) is 15.1. The fourth-order valence-corrected chi connectivity index (χ4v) is 4.71. The van der Waals surface area contributed by atoms with E-state index in [1.807, 2.05) is 37.3 Å². The minimum Gasteiger partial charge on any atom is -0.379 e. The van der Waals surface area contributed by atoms with Crippen LogP contribution in [0.2, 0.25) is 0 Å². The molecule has 1 fully saturated rings. The molecule has 1 saturated heterocycles. The van der Waals surface area contributed by atoms with Crippen molar-refractivity contribution in [3.63, 3.8) is 0 Å². The number of hydrogen-bond donors (Lipinski definition) is 1. The van der Waals surface area contributed by atoms with Gasteiger partial charge in [0.1, 0.15) is 0 Å². The second-order valence-electron chi connectivity index (χ2n) is 6.89. The lowest BCUT2D eigenvalue weighted by molar-refractivity contribution is 0.0730. The molecule has 0 atom stereocenters. The van der Waals surface area contributed by atoms with Crippen LogP contribution in [0.5, 0.6) is 0 Å². The first-order chi connectivity index (χ1) is 14.5. The highest BCUT2D eigenvalue weighted by Gasteiger charge is 2.26. The van der Waals surface area contributed by atoms with Gasteiger partial charge in [-0.2, -0.15) is 9.40 Å². The second kappa shape index (κ2) is 8.39. The third kappa shape index (κ3) is 4.00. The number of para-hydroxylation sites is 1. The number of benzene rings is 2. The number of amides is 1. The van der Waals surface area contributed by atoms with Crippen molar-refractivity contribution < 1.29 is 17.9 Å². The molecule has 0 bridgehead atoms. The van der Waals surface area contributed by atoms with Crippen LogP contribution in [-0.2, 0) is 14.8 Å². The Kier molecular flexibility index (Phi) is 5.67. The Morgan fingerprint density at radius 2 is 1.70 bits per heavy atom. The van der Waals surface area contributed by atoms with Crippen molar-refractivity contribution in [2.75, 3.05) is 31.6 Å². The smallest absolute Gasteiger partial charge is 0.259 e. The average Bonchev–Trinajstić information content (AvgIpc) is 3.17. The third-order valence-corrected chi connectivity index (χ3v) is 6.89. The van der Waals surface area contributed by atoms with Gasteiger partial charge in [-0.25, -0.2) is 13.1 Å². The number of anilines is 1. The van der Waals surface area contributed by atoms with Gasteiger partial charge in [-0.3, -0.25) is 4.79 Å². The van der Waals surface area contributed by atoms with E-state index in [-0.39, 0.29) is 10.8 Å². The monoisotopic (exact) mass is 426 g/mol. The highest BCUT2D eigenvalue weighted by Crippen LogP contribution is 2.21. The number of nitrogens with zero attached hydrogens (tertiary/aromatic N) is 3. The summed E-state index contributed by atoms with van der Waals surface area (Å²) >= 11 is 0. The summed E-state index contributed by atoms with van der Waals surface area (Å²) in [6.45, 7) is 3.29. The summed E-state index contributed by atoms with van der Waals surface area (Å²) in [4.78, 5) is 12.9. The van der Waals surface area contributed by atoms with Crippen molar-refractivity contribution >= 4 is 21.6 Å². The fourth-order valence-electron chi connectivity index (χ4n) is 3.31. The van der Waals surface area contributed by atoms with E-state index in [4.69, 9.17) is 4.74 Å². The molecule has 30 heavy (non-hydrogen) atoms. The number of hydrogen-bond acceptors (Lipinski definition) is 5. The number of morpholine rings is 1. The van der Waals surface area contributed by atoms with E-state index in [0.29, 0.717) is 43.2 Å². The molecule has 0 radical (unpaired) electrons. The van der Waals surface area contributed by atoms with Crippen LogP contribution in [-0.4, -0.2) is 54.7 Å². The van der Waals surface area contributed by atoms with Crippen LogP contribution >= 0.6 is 0 Å². The zero-order valence-corrected chi connectivity index (χ0v) is 17.3. The number of carbonyl (C=O) groups is 1. The molecule has 1 N–H and O–H groups in total. The fraction of sp³-hybridized carbons (Fsp3) is 0.238. The molecule has 0 saturated carbocycles. The summed E-state index contributed by atoms with van der Waals surface area (Å²) in [6, 6.07) is 15.7. The first kappa shape index (κ1) is 20.3. The first-order valence-electron chi connectivity index (χ1n) is 9.56. The Hall–Kier alpha value is -3.01. The highest BCUT2D eigenvalue weighted by atomic mass is 32.2. The van der Waals surface area contributed by atoms with Gasteiger partial charge >= 0.3 is 0 Å². The molecule has 0 unspecified atom stereocenters. The zero-order valence-electron chi connectivity index (χ0n) is 16.5. The minimum atomic E-state index is -3.57. The van der Waals surface area contributed by atoms with Crippen molar-refractivity contribution in [2.45, 2.75) is 11.8 Å². The number of rotatable bonds is 5. The molecule has 156 valence electrons.